The number of carbonyl (C=O) groups is 1. The molecule has 0 unspecified atom stereocenters. The molecule has 3 aromatic rings. The van der Waals surface area contributed by atoms with Crippen molar-refractivity contribution in [2.45, 2.75) is 25.8 Å². The SMILES string of the molecule is O=C(Cn1ccc(=O)c2ccccc21)Nc1nc2c(s1)CCC2. The summed E-state index contributed by atoms with van der Waals surface area (Å²) in [5.41, 5.74) is 1.85. The maximum atomic E-state index is 12.3. The van der Waals surface area contributed by atoms with Crippen molar-refractivity contribution in [1.82, 2.24) is 9.55 Å². The fourth-order valence-corrected chi connectivity index (χ4v) is 4.02. The van der Waals surface area contributed by atoms with Crippen LogP contribution in [0.1, 0.15) is 17.0 Å². The molecule has 0 fully saturated rings. The second-order valence-corrected chi connectivity index (χ2v) is 6.70. The van der Waals surface area contributed by atoms with Gasteiger partial charge in [-0.1, -0.05) is 12.1 Å². The third-order valence-electron chi connectivity index (χ3n) is 4.04. The minimum Gasteiger partial charge on any atom is -0.338 e. The highest BCUT2D eigenvalue weighted by Gasteiger charge is 2.17. The second kappa shape index (κ2) is 5.62. The number of rotatable bonds is 3. The van der Waals surface area contributed by atoms with Gasteiger partial charge < -0.3 is 9.88 Å². The van der Waals surface area contributed by atoms with Crippen molar-refractivity contribution in [2.24, 2.45) is 0 Å². The standard InChI is InChI=1S/C17H15N3O2S/c21-14-8-9-20(13-6-2-1-4-11(13)14)10-16(22)19-17-18-12-5-3-7-15(12)23-17/h1-2,4,6,8-9H,3,5,7,10H2,(H,18,19,22). The summed E-state index contributed by atoms with van der Waals surface area (Å²) in [5, 5.41) is 4.16. The summed E-state index contributed by atoms with van der Waals surface area (Å²) in [4.78, 5) is 29.9. The number of carbonyl (C=O) groups excluding carboxylic acids is 1. The normalized spacial score (nSPS) is 13.2. The highest BCUT2D eigenvalue weighted by Crippen LogP contribution is 2.30. The average molecular weight is 325 g/mol. The number of amides is 1. The lowest BCUT2D eigenvalue weighted by atomic mass is 10.2. The molecule has 0 atom stereocenters. The number of anilines is 1. The van der Waals surface area contributed by atoms with Gasteiger partial charge in [0.25, 0.3) is 0 Å². The first-order valence-corrected chi connectivity index (χ1v) is 8.39. The van der Waals surface area contributed by atoms with Crippen LogP contribution >= 0.6 is 11.3 Å². The Bertz CT molecular complexity index is 936. The Labute approximate surface area is 136 Å². The van der Waals surface area contributed by atoms with Crippen LogP contribution in [0.5, 0.6) is 0 Å². The Morgan fingerprint density at radius 2 is 2.13 bits per heavy atom. The Morgan fingerprint density at radius 3 is 3.00 bits per heavy atom. The van der Waals surface area contributed by atoms with Crippen molar-refractivity contribution in [3.8, 4) is 0 Å². The molecule has 1 aliphatic rings. The number of benzene rings is 1. The molecule has 0 aliphatic heterocycles. The van der Waals surface area contributed by atoms with E-state index in [0.717, 1.165) is 30.5 Å². The smallest absolute Gasteiger partial charge is 0.246 e. The number of fused-ring (bicyclic) bond motifs is 2. The average Bonchev–Trinajstić information content (AvgIpc) is 3.11. The van der Waals surface area contributed by atoms with E-state index in [9.17, 15) is 9.59 Å². The molecular formula is C17H15N3O2S. The lowest BCUT2D eigenvalue weighted by molar-refractivity contribution is -0.116. The molecule has 4 rings (SSSR count). The molecule has 1 N–H and O–H groups in total. The zero-order valence-electron chi connectivity index (χ0n) is 12.4. The molecule has 0 bridgehead atoms. The van der Waals surface area contributed by atoms with Crippen molar-refractivity contribution in [3.63, 3.8) is 0 Å². The fraction of sp³-hybridized carbons (Fsp3) is 0.235. The molecule has 23 heavy (non-hydrogen) atoms. The van der Waals surface area contributed by atoms with E-state index < -0.39 is 0 Å². The number of nitrogens with one attached hydrogen (secondary N) is 1. The number of hydrogen-bond donors (Lipinski definition) is 1. The van der Waals surface area contributed by atoms with Gasteiger partial charge in [0.05, 0.1) is 11.2 Å². The van der Waals surface area contributed by atoms with E-state index in [0.29, 0.717) is 10.5 Å². The van der Waals surface area contributed by atoms with E-state index in [1.165, 1.54) is 10.9 Å². The van der Waals surface area contributed by atoms with Gasteiger partial charge in [-0.3, -0.25) is 9.59 Å². The van der Waals surface area contributed by atoms with Crippen molar-refractivity contribution >= 4 is 33.3 Å². The van der Waals surface area contributed by atoms with Gasteiger partial charge in [-0.2, -0.15) is 0 Å². The number of aryl methyl sites for hydroxylation is 2. The summed E-state index contributed by atoms with van der Waals surface area (Å²) in [7, 11) is 0. The molecule has 0 spiro atoms. The summed E-state index contributed by atoms with van der Waals surface area (Å²) in [6.45, 7) is 0.158. The van der Waals surface area contributed by atoms with Crippen molar-refractivity contribution in [3.05, 3.63) is 57.3 Å². The lowest BCUT2D eigenvalue weighted by Crippen LogP contribution is -2.20. The largest absolute Gasteiger partial charge is 0.338 e. The number of pyridine rings is 1. The second-order valence-electron chi connectivity index (χ2n) is 5.62. The van der Waals surface area contributed by atoms with Crippen LogP contribution in [-0.2, 0) is 24.2 Å². The van der Waals surface area contributed by atoms with Crippen LogP contribution in [0.25, 0.3) is 10.9 Å². The quantitative estimate of drug-likeness (QED) is 0.805. The molecule has 5 nitrogen and oxygen atoms in total. The van der Waals surface area contributed by atoms with Gasteiger partial charge in [-0.25, -0.2) is 4.98 Å². The van der Waals surface area contributed by atoms with Crippen LogP contribution in [-0.4, -0.2) is 15.5 Å². The van der Waals surface area contributed by atoms with Crippen molar-refractivity contribution < 1.29 is 4.79 Å². The third kappa shape index (κ3) is 2.66. The van der Waals surface area contributed by atoms with Crippen LogP contribution < -0.4 is 10.7 Å². The number of aromatic nitrogens is 2. The molecule has 116 valence electrons. The molecule has 6 heteroatoms. The highest BCUT2D eigenvalue weighted by molar-refractivity contribution is 7.15. The van der Waals surface area contributed by atoms with E-state index in [1.54, 1.807) is 28.2 Å². The number of hydrogen-bond acceptors (Lipinski definition) is 4. The molecule has 2 aromatic heterocycles. The van der Waals surface area contributed by atoms with E-state index in [1.807, 2.05) is 18.2 Å². The number of para-hydroxylation sites is 1. The minimum atomic E-state index is -0.133. The Morgan fingerprint density at radius 1 is 1.26 bits per heavy atom. The number of nitrogens with zero attached hydrogens (tertiary/aromatic N) is 2. The maximum Gasteiger partial charge on any atom is 0.246 e. The van der Waals surface area contributed by atoms with Gasteiger partial charge in [0.1, 0.15) is 6.54 Å². The van der Waals surface area contributed by atoms with Gasteiger partial charge in [-0.15, -0.1) is 11.3 Å². The predicted molar refractivity (Wildman–Crippen MR) is 91.0 cm³/mol. The molecule has 1 amide bonds. The highest BCUT2D eigenvalue weighted by atomic mass is 32.1. The molecular weight excluding hydrogens is 310 g/mol. The monoisotopic (exact) mass is 325 g/mol. The lowest BCUT2D eigenvalue weighted by Gasteiger charge is -2.10. The van der Waals surface area contributed by atoms with Gasteiger partial charge in [-0.05, 0) is 31.4 Å². The molecule has 2 heterocycles. The topological polar surface area (TPSA) is 64.0 Å². The first kappa shape index (κ1) is 14.1. The van der Waals surface area contributed by atoms with Gasteiger partial charge in [0.15, 0.2) is 10.6 Å². The zero-order valence-corrected chi connectivity index (χ0v) is 13.2. The van der Waals surface area contributed by atoms with Crippen molar-refractivity contribution in [1.29, 1.82) is 0 Å². The van der Waals surface area contributed by atoms with Gasteiger partial charge in [0.2, 0.25) is 5.91 Å². The fourth-order valence-electron chi connectivity index (χ4n) is 2.96. The van der Waals surface area contributed by atoms with Crippen LogP contribution in [0.3, 0.4) is 0 Å². The number of thiazole rings is 1. The van der Waals surface area contributed by atoms with Crippen LogP contribution in [0.15, 0.2) is 41.3 Å². The Hall–Kier alpha value is -2.47. The summed E-state index contributed by atoms with van der Waals surface area (Å²) in [5.74, 6) is -0.133. The van der Waals surface area contributed by atoms with Gasteiger partial charge >= 0.3 is 0 Å². The van der Waals surface area contributed by atoms with E-state index in [-0.39, 0.29) is 17.9 Å². The Kier molecular flexibility index (Phi) is 3.46. The molecule has 0 radical (unpaired) electrons. The van der Waals surface area contributed by atoms with Crippen LogP contribution in [0.2, 0.25) is 0 Å². The van der Waals surface area contributed by atoms with E-state index in [4.69, 9.17) is 0 Å². The first-order chi connectivity index (χ1) is 11.2. The van der Waals surface area contributed by atoms with Crippen molar-refractivity contribution in [2.75, 3.05) is 5.32 Å². The molecule has 1 aromatic carbocycles. The van der Waals surface area contributed by atoms with E-state index in [2.05, 4.69) is 10.3 Å². The minimum absolute atomic E-state index is 0.0337. The van der Waals surface area contributed by atoms with E-state index >= 15 is 0 Å². The molecule has 1 aliphatic carbocycles. The summed E-state index contributed by atoms with van der Waals surface area (Å²) < 4.78 is 1.79. The molecule has 0 saturated carbocycles. The van der Waals surface area contributed by atoms with Gasteiger partial charge in [0, 0.05) is 22.5 Å². The van der Waals surface area contributed by atoms with Crippen LogP contribution in [0.4, 0.5) is 5.13 Å². The first-order valence-electron chi connectivity index (χ1n) is 7.57. The zero-order chi connectivity index (χ0) is 15.8. The Balaban J connectivity index is 1.57. The summed E-state index contributed by atoms with van der Waals surface area (Å²) in [6.07, 6.45) is 4.89. The molecule has 0 saturated heterocycles. The predicted octanol–water partition coefficient (Wildman–Crippen LogP) is 2.59. The maximum absolute atomic E-state index is 12.3. The van der Waals surface area contributed by atoms with Crippen LogP contribution in [0, 0.1) is 0 Å². The summed E-state index contributed by atoms with van der Waals surface area (Å²) in [6, 6.07) is 8.81. The summed E-state index contributed by atoms with van der Waals surface area (Å²) >= 11 is 1.56. The third-order valence-corrected chi connectivity index (χ3v) is 5.11.